The second kappa shape index (κ2) is 8.42. The van der Waals surface area contributed by atoms with E-state index in [0.717, 1.165) is 33.5 Å². The van der Waals surface area contributed by atoms with Gasteiger partial charge in [0.15, 0.2) is 5.58 Å². The number of nitrogens with zero attached hydrogens (tertiary/aromatic N) is 3. The lowest BCUT2D eigenvalue weighted by Crippen LogP contribution is -1.89. The Morgan fingerprint density at radius 1 is 1.10 bits per heavy atom. The fraction of sp³-hybridized carbons (Fsp3) is 0.0435. The van der Waals surface area contributed by atoms with Crippen molar-refractivity contribution in [1.29, 1.82) is 0 Å². The molecule has 0 aliphatic heterocycles. The van der Waals surface area contributed by atoms with Crippen molar-refractivity contribution in [2.45, 2.75) is 6.92 Å². The maximum Gasteiger partial charge on any atom is 0.284 e. The first-order valence-electron chi connectivity index (χ1n) is 9.12. The number of nitro groups is 1. The van der Waals surface area contributed by atoms with Gasteiger partial charge in [0.05, 0.1) is 15.1 Å². The minimum Gasteiger partial charge on any atom is -0.436 e. The van der Waals surface area contributed by atoms with Crippen LogP contribution < -0.4 is 0 Å². The Balaban J connectivity index is 1.46. The van der Waals surface area contributed by atoms with E-state index in [0.29, 0.717) is 10.4 Å². The third kappa shape index (κ3) is 4.36. The molecule has 6 nitrogen and oxygen atoms in total. The summed E-state index contributed by atoms with van der Waals surface area (Å²) in [6.07, 6.45) is 5.15. The fourth-order valence-corrected chi connectivity index (χ4v) is 3.30. The van der Waals surface area contributed by atoms with Gasteiger partial charge in [-0.05, 0) is 82.5 Å². The monoisotopic (exact) mass is 461 g/mol. The van der Waals surface area contributed by atoms with Crippen molar-refractivity contribution in [3.8, 4) is 11.5 Å². The Kier molecular flexibility index (Phi) is 5.54. The first kappa shape index (κ1) is 19.7. The third-order valence-electron chi connectivity index (χ3n) is 4.42. The molecule has 0 unspecified atom stereocenters. The first-order chi connectivity index (χ1) is 14.5. The van der Waals surface area contributed by atoms with Gasteiger partial charge in [0.1, 0.15) is 5.52 Å². The van der Waals surface area contributed by atoms with Gasteiger partial charge >= 0.3 is 0 Å². The van der Waals surface area contributed by atoms with Gasteiger partial charge in [0.2, 0.25) is 5.89 Å². The highest BCUT2D eigenvalue weighted by Gasteiger charge is 2.11. The normalized spacial score (nSPS) is 11.7. The van der Waals surface area contributed by atoms with Gasteiger partial charge in [-0.2, -0.15) is 0 Å². The molecule has 0 spiro atoms. The zero-order valence-electron chi connectivity index (χ0n) is 15.9. The molecule has 0 atom stereocenters. The minimum atomic E-state index is -0.422. The molecule has 0 aliphatic carbocycles. The summed E-state index contributed by atoms with van der Waals surface area (Å²) in [5.74, 6) is 0.572. The number of aryl methyl sites for hydroxylation is 1. The molecule has 7 heteroatoms. The quantitative estimate of drug-likeness (QED) is 0.184. The van der Waals surface area contributed by atoms with Crippen molar-refractivity contribution in [2.24, 2.45) is 4.99 Å². The summed E-state index contributed by atoms with van der Waals surface area (Å²) in [5.41, 5.74) is 5.13. The van der Waals surface area contributed by atoms with Crippen LogP contribution in [0.5, 0.6) is 0 Å². The average Bonchev–Trinajstić information content (AvgIpc) is 3.15. The summed E-state index contributed by atoms with van der Waals surface area (Å²) in [6, 6.07) is 18.4. The first-order valence-corrected chi connectivity index (χ1v) is 9.91. The summed E-state index contributed by atoms with van der Waals surface area (Å²) in [4.78, 5) is 19.5. The smallest absolute Gasteiger partial charge is 0.284 e. The van der Waals surface area contributed by atoms with E-state index in [9.17, 15) is 10.1 Å². The summed E-state index contributed by atoms with van der Waals surface area (Å²) < 4.78 is 6.27. The zero-order chi connectivity index (χ0) is 21.1. The molecule has 30 heavy (non-hydrogen) atoms. The van der Waals surface area contributed by atoms with Crippen LogP contribution >= 0.6 is 15.9 Å². The summed E-state index contributed by atoms with van der Waals surface area (Å²) in [6.45, 7) is 2.02. The Labute approximate surface area is 180 Å². The predicted molar refractivity (Wildman–Crippen MR) is 122 cm³/mol. The molecule has 4 aromatic rings. The SMILES string of the molecule is Cc1ccc2oc(-c3ccc(N=C/C=C\c4ccc(Br)c([N+](=O)[O-])c4)cc3)nc2c1. The van der Waals surface area contributed by atoms with Crippen LogP contribution in [0.25, 0.3) is 28.6 Å². The fourth-order valence-electron chi connectivity index (χ4n) is 2.91. The number of aliphatic imine (C=N–C) groups is 1. The van der Waals surface area contributed by atoms with Crippen LogP contribution in [0.1, 0.15) is 11.1 Å². The molecule has 0 saturated carbocycles. The number of hydrogen-bond acceptors (Lipinski definition) is 5. The van der Waals surface area contributed by atoms with Crippen molar-refractivity contribution in [3.63, 3.8) is 0 Å². The number of halogens is 1. The molecule has 0 N–H and O–H groups in total. The molecule has 3 aromatic carbocycles. The zero-order valence-corrected chi connectivity index (χ0v) is 17.5. The standard InChI is InChI=1S/C23H16BrN3O3/c1-15-4-11-22-20(13-15)26-23(30-22)17-6-8-18(9-7-17)25-12-2-3-16-5-10-19(24)21(14-16)27(28)29/h2-14H,1H3/b3-2-,25-12?. The molecule has 148 valence electrons. The van der Waals surface area contributed by atoms with E-state index in [4.69, 9.17) is 4.42 Å². The lowest BCUT2D eigenvalue weighted by Gasteiger charge is -1.97. The maximum atomic E-state index is 11.0. The van der Waals surface area contributed by atoms with Gasteiger partial charge in [0, 0.05) is 17.8 Å². The van der Waals surface area contributed by atoms with Crippen LogP contribution in [0.4, 0.5) is 11.4 Å². The van der Waals surface area contributed by atoms with Crippen molar-refractivity contribution in [1.82, 2.24) is 4.98 Å². The van der Waals surface area contributed by atoms with Gasteiger partial charge in [0.25, 0.3) is 5.69 Å². The minimum absolute atomic E-state index is 0.0269. The van der Waals surface area contributed by atoms with E-state index in [1.54, 1.807) is 30.5 Å². The Morgan fingerprint density at radius 2 is 1.90 bits per heavy atom. The number of hydrogen-bond donors (Lipinski definition) is 0. The van der Waals surface area contributed by atoms with Crippen LogP contribution in [0, 0.1) is 17.0 Å². The summed E-state index contributed by atoms with van der Waals surface area (Å²) >= 11 is 3.18. The van der Waals surface area contributed by atoms with E-state index in [-0.39, 0.29) is 5.69 Å². The van der Waals surface area contributed by atoms with E-state index in [2.05, 4.69) is 25.9 Å². The highest BCUT2D eigenvalue weighted by atomic mass is 79.9. The molecule has 0 bridgehead atoms. The number of allylic oxidation sites excluding steroid dienone is 1. The van der Waals surface area contributed by atoms with E-state index >= 15 is 0 Å². The van der Waals surface area contributed by atoms with Gasteiger partial charge in [-0.1, -0.05) is 18.2 Å². The van der Waals surface area contributed by atoms with E-state index in [1.165, 1.54) is 6.07 Å². The van der Waals surface area contributed by atoms with Crippen LogP contribution in [-0.2, 0) is 0 Å². The van der Waals surface area contributed by atoms with Crippen molar-refractivity contribution >= 4 is 50.7 Å². The highest BCUT2D eigenvalue weighted by Crippen LogP contribution is 2.27. The molecule has 1 aromatic heterocycles. The topological polar surface area (TPSA) is 81.5 Å². The van der Waals surface area contributed by atoms with Gasteiger partial charge in [-0.25, -0.2) is 4.98 Å². The van der Waals surface area contributed by atoms with Crippen LogP contribution in [0.3, 0.4) is 0 Å². The molecule has 0 amide bonds. The van der Waals surface area contributed by atoms with Gasteiger partial charge < -0.3 is 4.42 Å². The number of nitro benzene ring substituents is 1. The molecular formula is C23H16BrN3O3. The molecule has 0 saturated heterocycles. The van der Waals surface area contributed by atoms with E-state index in [1.807, 2.05) is 49.4 Å². The average molecular weight is 462 g/mol. The Hall–Kier alpha value is -3.58. The van der Waals surface area contributed by atoms with Gasteiger partial charge in [-0.15, -0.1) is 0 Å². The van der Waals surface area contributed by atoms with E-state index < -0.39 is 4.92 Å². The number of fused-ring (bicyclic) bond motifs is 1. The third-order valence-corrected chi connectivity index (χ3v) is 5.09. The van der Waals surface area contributed by atoms with Crippen molar-refractivity contribution in [2.75, 3.05) is 0 Å². The van der Waals surface area contributed by atoms with Crippen LogP contribution in [0.15, 0.2) is 80.6 Å². The van der Waals surface area contributed by atoms with Crippen LogP contribution in [-0.4, -0.2) is 16.1 Å². The maximum absolute atomic E-state index is 11.0. The number of oxazole rings is 1. The Bertz CT molecular complexity index is 1290. The molecule has 0 radical (unpaired) electrons. The van der Waals surface area contributed by atoms with Gasteiger partial charge in [-0.3, -0.25) is 15.1 Å². The summed E-state index contributed by atoms with van der Waals surface area (Å²) in [7, 11) is 0. The molecule has 4 rings (SSSR count). The van der Waals surface area contributed by atoms with Crippen molar-refractivity contribution in [3.05, 3.63) is 92.5 Å². The number of aromatic nitrogens is 1. The summed E-state index contributed by atoms with van der Waals surface area (Å²) in [5, 5.41) is 11.0. The predicted octanol–water partition coefficient (Wildman–Crippen LogP) is 6.89. The largest absolute Gasteiger partial charge is 0.436 e. The lowest BCUT2D eigenvalue weighted by atomic mass is 10.2. The lowest BCUT2D eigenvalue weighted by molar-refractivity contribution is -0.385. The molecular weight excluding hydrogens is 446 g/mol. The molecule has 0 fully saturated rings. The second-order valence-electron chi connectivity index (χ2n) is 6.64. The van der Waals surface area contributed by atoms with Crippen LogP contribution in [0.2, 0.25) is 0 Å². The van der Waals surface area contributed by atoms with Crippen molar-refractivity contribution < 1.29 is 9.34 Å². The number of rotatable bonds is 5. The highest BCUT2D eigenvalue weighted by molar-refractivity contribution is 9.10. The Morgan fingerprint density at radius 3 is 2.67 bits per heavy atom. The second-order valence-corrected chi connectivity index (χ2v) is 7.50. The molecule has 1 heterocycles. The number of benzene rings is 3. The molecule has 0 aliphatic rings.